The molecule has 4 heteroatoms. The predicted octanol–water partition coefficient (Wildman–Crippen LogP) is 4.16. The number of hydrogen-bond acceptors (Lipinski definition) is 4. The van der Waals surface area contributed by atoms with Gasteiger partial charge in [-0.15, -0.1) is 0 Å². The van der Waals surface area contributed by atoms with Crippen molar-refractivity contribution < 1.29 is 4.52 Å². The molecule has 4 nitrogen and oxygen atoms in total. The monoisotopic (exact) mass is 323 g/mol. The highest BCUT2D eigenvalue weighted by Gasteiger charge is 2.26. The van der Waals surface area contributed by atoms with Crippen molar-refractivity contribution in [2.45, 2.75) is 51.5 Å². The van der Waals surface area contributed by atoms with E-state index in [1.807, 2.05) is 6.92 Å². The van der Waals surface area contributed by atoms with E-state index in [0.29, 0.717) is 11.7 Å². The quantitative estimate of drug-likeness (QED) is 0.792. The van der Waals surface area contributed by atoms with E-state index in [0.717, 1.165) is 18.0 Å². The van der Waals surface area contributed by atoms with Crippen LogP contribution in [0.2, 0.25) is 0 Å². The Morgan fingerprint density at radius 3 is 2.50 bits per heavy atom. The second-order valence-corrected chi connectivity index (χ2v) is 7.03. The van der Waals surface area contributed by atoms with Crippen LogP contribution in [0.15, 0.2) is 40.4 Å². The maximum absolute atomic E-state index is 5.21. The van der Waals surface area contributed by atoms with Gasteiger partial charge in [-0.05, 0) is 56.7 Å². The zero-order valence-corrected chi connectivity index (χ0v) is 14.4. The Balaban J connectivity index is 1.32. The predicted molar refractivity (Wildman–Crippen MR) is 94.7 cm³/mol. The molecule has 1 saturated heterocycles. The minimum Gasteiger partial charge on any atom is -0.334 e. The van der Waals surface area contributed by atoms with E-state index in [2.05, 4.69) is 45.4 Å². The number of piperidine rings is 1. The van der Waals surface area contributed by atoms with Crippen molar-refractivity contribution in [2.75, 3.05) is 13.1 Å². The second-order valence-electron chi connectivity index (χ2n) is 7.03. The van der Waals surface area contributed by atoms with E-state index in [1.165, 1.54) is 50.8 Å². The molecule has 0 atom stereocenters. The second kappa shape index (κ2) is 6.89. The average Bonchev–Trinajstić information content (AvgIpc) is 3.00. The van der Waals surface area contributed by atoms with Gasteiger partial charge in [-0.3, -0.25) is 4.90 Å². The molecule has 1 aliphatic carbocycles. The van der Waals surface area contributed by atoms with Gasteiger partial charge < -0.3 is 4.52 Å². The standard InChI is InChI=1S/C20H25N3O/c1-15-21-20(24-22-15)18-9-7-16(8-10-18)5-6-17-11-13-23(14-12-17)19-3-2-4-19/h6-10,19H,2-5,11-14H2,1H3. The molecule has 0 N–H and O–H groups in total. The maximum atomic E-state index is 5.21. The summed E-state index contributed by atoms with van der Waals surface area (Å²) in [6.07, 6.45) is 10.2. The first-order chi connectivity index (χ1) is 11.8. The van der Waals surface area contributed by atoms with E-state index in [-0.39, 0.29) is 0 Å². The van der Waals surface area contributed by atoms with Crippen LogP contribution in [-0.4, -0.2) is 34.2 Å². The third-order valence-electron chi connectivity index (χ3n) is 5.39. The fourth-order valence-corrected chi connectivity index (χ4v) is 3.59. The van der Waals surface area contributed by atoms with Crippen LogP contribution >= 0.6 is 0 Å². The molecule has 1 saturated carbocycles. The lowest BCUT2D eigenvalue weighted by atomic mass is 9.89. The zero-order valence-electron chi connectivity index (χ0n) is 14.4. The minimum absolute atomic E-state index is 0.598. The van der Waals surface area contributed by atoms with Gasteiger partial charge in [-0.1, -0.05) is 35.4 Å². The summed E-state index contributed by atoms with van der Waals surface area (Å²) in [7, 11) is 0. The van der Waals surface area contributed by atoms with Gasteiger partial charge in [0, 0.05) is 24.7 Å². The number of allylic oxidation sites excluding steroid dienone is 1. The smallest absolute Gasteiger partial charge is 0.257 e. The van der Waals surface area contributed by atoms with E-state index < -0.39 is 0 Å². The van der Waals surface area contributed by atoms with Gasteiger partial charge in [0.1, 0.15) is 0 Å². The van der Waals surface area contributed by atoms with Gasteiger partial charge in [0.25, 0.3) is 5.89 Å². The summed E-state index contributed by atoms with van der Waals surface area (Å²) in [5.74, 6) is 1.27. The van der Waals surface area contributed by atoms with E-state index >= 15 is 0 Å². The summed E-state index contributed by atoms with van der Waals surface area (Å²) in [5.41, 5.74) is 3.95. The fraction of sp³-hybridized carbons (Fsp3) is 0.500. The molecule has 2 aromatic rings. The van der Waals surface area contributed by atoms with Crippen molar-refractivity contribution in [3.63, 3.8) is 0 Å². The van der Waals surface area contributed by atoms with Gasteiger partial charge in [-0.2, -0.15) is 4.98 Å². The molecule has 1 aliphatic heterocycles. The van der Waals surface area contributed by atoms with Gasteiger partial charge in [-0.25, -0.2) is 0 Å². The molecule has 2 fully saturated rings. The fourth-order valence-electron chi connectivity index (χ4n) is 3.59. The van der Waals surface area contributed by atoms with Crippen LogP contribution in [0.5, 0.6) is 0 Å². The molecule has 0 unspecified atom stereocenters. The van der Waals surface area contributed by atoms with Crippen molar-refractivity contribution in [3.8, 4) is 11.5 Å². The molecule has 126 valence electrons. The van der Waals surface area contributed by atoms with E-state index in [4.69, 9.17) is 4.52 Å². The van der Waals surface area contributed by atoms with Crippen LogP contribution in [0.4, 0.5) is 0 Å². The van der Waals surface area contributed by atoms with Crippen LogP contribution in [-0.2, 0) is 6.42 Å². The molecule has 1 aromatic carbocycles. The van der Waals surface area contributed by atoms with Crippen LogP contribution < -0.4 is 0 Å². The van der Waals surface area contributed by atoms with Gasteiger partial charge in [0.15, 0.2) is 5.82 Å². The molecular formula is C20H25N3O. The molecule has 0 bridgehead atoms. The lowest BCUT2D eigenvalue weighted by Gasteiger charge is -2.40. The Morgan fingerprint density at radius 2 is 1.92 bits per heavy atom. The maximum Gasteiger partial charge on any atom is 0.257 e. The molecular weight excluding hydrogens is 298 g/mol. The normalized spacial score (nSPS) is 19.3. The van der Waals surface area contributed by atoms with Gasteiger partial charge in [0.05, 0.1) is 0 Å². The Morgan fingerprint density at radius 1 is 1.17 bits per heavy atom. The van der Waals surface area contributed by atoms with Crippen molar-refractivity contribution in [1.82, 2.24) is 15.0 Å². The topological polar surface area (TPSA) is 42.2 Å². The lowest BCUT2D eigenvalue weighted by molar-refractivity contribution is 0.118. The first-order valence-corrected chi connectivity index (χ1v) is 9.09. The van der Waals surface area contributed by atoms with Crippen molar-refractivity contribution in [1.29, 1.82) is 0 Å². The lowest BCUT2D eigenvalue weighted by Crippen LogP contribution is -2.43. The van der Waals surface area contributed by atoms with Crippen LogP contribution in [0, 0.1) is 6.92 Å². The summed E-state index contributed by atoms with van der Waals surface area (Å²) >= 11 is 0. The van der Waals surface area contributed by atoms with Gasteiger partial charge in [0.2, 0.25) is 0 Å². The number of nitrogens with zero attached hydrogens (tertiary/aromatic N) is 3. The number of rotatable bonds is 4. The summed E-state index contributed by atoms with van der Waals surface area (Å²) in [5, 5.41) is 3.84. The highest BCUT2D eigenvalue weighted by atomic mass is 16.5. The zero-order chi connectivity index (χ0) is 16.4. The first kappa shape index (κ1) is 15.6. The third-order valence-corrected chi connectivity index (χ3v) is 5.39. The van der Waals surface area contributed by atoms with Crippen LogP contribution in [0.25, 0.3) is 11.5 Å². The molecule has 4 rings (SSSR count). The summed E-state index contributed by atoms with van der Waals surface area (Å²) < 4.78 is 5.21. The molecule has 0 amide bonds. The summed E-state index contributed by atoms with van der Waals surface area (Å²) in [4.78, 5) is 6.97. The van der Waals surface area contributed by atoms with Crippen LogP contribution in [0.3, 0.4) is 0 Å². The molecule has 1 aromatic heterocycles. The Kier molecular flexibility index (Phi) is 4.48. The van der Waals surface area contributed by atoms with Crippen LogP contribution in [0.1, 0.15) is 43.5 Å². The number of benzene rings is 1. The minimum atomic E-state index is 0.598. The SMILES string of the molecule is Cc1noc(-c2ccc(CC=C3CCN(C4CCC4)CC3)cc2)n1. The summed E-state index contributed by atoms with van der Waals surface area (Å²) in [6, 6.07) is 9.36. The Labute approximate surface area is 143 Å². The molecule has 24 heavy (non-hydrogen) atoms. The number of likely N-dealkylation sites (tertiary alicyclic amines) is 1. The van der Waals surface area contributed by atoms with Crippen molar-refractivity contribution in [3.05, 3.63) is 47.3 Å². The molecule has 2 heterocycles. The largest absolute Gasteiger partial charge is 0.334 e. The third kappa shape index (κ3) is 3.44. The molecule has 2 aliphatic rings. The Bertz CT molecular complexity index is 703. The van der Waals surface area contributed by atoms with Crippen molar-refractivity contribution >= 4 is 0 Å². The molecule has 0 spiro atoms. The average molecular weight is 323 g/mol. The Hall–Kier alpha value is -1.94. The van der Waals surface area contributed by atoms with E-state index in [9.17, 15) is 0 Å². The number of hydrogen-bond donors (Lipinski definition) is 0. The number of aryl methyl sites for hydroxylation is 1. The number of aromatic nitrogens is 2. The van der Waals surface area contributed by atoms with E-state index in [1.54, 1.807) is 5.57 Å². The highest BCUT2D eigenvalue weighted by molar-refractivity contribution is 5.53. The first-order valence-electron chi connectivity index (χ1n) is 9.09. The van der Waals surface area contributed by atoms with Crippen molar-refractivity contribution in [2.24, 2.45) is 0 Å². The highest BCUT2D eigenvalue weighted by Crippen LogP contribution is 2.29. The summed E-state index contributed by atoms with van der Waals surface area (Å²) in [6.45, 7) is 4.35. The van der Waals surface area contributed by atoms with Gasteiger partial charge >= 0.3 is 0 Å². The molecule has 0 radical (unpaired) electrons.